The van der Waals surface area contributed by atoms with Crippen molar-refractivity contribution in [2.24, 2.45) is 0 Å². The summed E-state index contributed by atoms with van der Waals surface area (Å²) in [5.41, 5.74) is -0.232. The van der Waals surface area contributed by atoms with E-state index >= 15 is 0 Å². The van der Waals surface area contributed by atoms with E-state index in [0.717, 1.165) is 18.2 Å². The molecule has 4 nitrogen and oxygen atoms in total. The molecule has 0 spiro atoms. The molecule has 0 aliphatic rings. The smallest absolute Gasteiger partial charge is 0.344 e. The molecule has 2 aromatic rings. The minimum absolute atomic E-state index is 0.364. The highest BCUT2D eigenvalue weighted by Gasteiger charge is 2.25. The molecule has 1 amide bonds. The molecule has 2 aromatic carbocycles. The van der Waals surface area contributed by atoms with Crippen LogP contribution >= 0.6 is 23.2 Å². The number of hydrogen-bond acceptors (Lipinski definition) is 3. The van der Waals surface area contributed by atoms with Gasteiger partial charge in [-0.15, -0.1) is 0 Å². The fraction of sp³-hybridized carbons (Fsp3) is 0.222. The minimum atomic E-state index is -1.27. The quantitative estimate of drug-likeness (QED) is 0.739. The van der Waals surface area contributed by atoms with Gasteiger partial charge in [0.2, 0.25) is 0 Å². The van der Waals surface area contributed by atoms with Crippen LogP contribution in [0, 0.1) is 11.6 Å². The van der Waals surface area contributed by atoms with Crippen LogP contribution in [0.15, 0.2) is 36.4 Å². The van der Waals surface area contributed by atoms with Crippen molar-refractivity contribution in [3.8, 4) is 0 Å². The first-order chi connectivity index (χ1) is 12.2. The van der Waals surface area contributed by atoms with Crippen molar-refractivity contribution in [3.05, 3.63) is 69.2 Å². The Kier molecular flexibility index (Phi) is 6.56. The first-order valence-electron chi connectivity index (χ1n) is 7.61. The number of esters is 1. The summed E-state index contributed by atoms with van der Waals surface area (Å²) in [6.45, 7) is 2.97. The van der Waals surface area contributed by atoms with Gasteiger partial charge in [0.05, 0.1) is 6.04 Å². The molecular weight excluding hydrogens is 387 g/mol. The van der Waals surface area contributed by atoms with Crippen molar-refractivity contribution in [1.29, 1.82) is 0 Å². The number of nitrogens with one attached hydrogen (secondary N) is 1. The van der Waals surface area contributed by atoms with Crippen LogP contribution in [0.5, 0.6) is 0 Å². The van der Waals surface area contributed by atoms with E-state index < -0.39 is 41.2 Å². The second kappa shape index (κ2) is 8.47. The predicted molar refractivity (Wildman–Crippen MR) is 94.3 cm³/mol. The van der Waals surface area contributed by atoms with Gasteiger partial charge in [-0.2, -0.15) is 0 Å². The van der Waals surface area contributed by atoms with Crippen LogP contribution in [-0.2, 0) is 9.53 Å². The van der Waals surface area contributed by atoms with E-state index in [1.165, 1.54) is 13.0 Å². The zero-order valence-corrected chi connectivity index (χ0v) is 15.4. The first-order valence-corrected chi connectivity index (χ1v) is 8.36. The zero-order chi connectivity index (χ0) is 19.4. The van der Waals surface area contributed by atoms with Gasteiger partial charge in [0.15, 0.2) is 6.10 Å². The summed E-state index contributed by atoms with van der Waals surface area (Å²) < 4.78 is 32.0. The first kappa shape index (κ1) is 20.1. The standard InChI is InChI=1S/C18H15Cl2F2NO3/c1-9(12-7-6-11(19)8-13(12)20)23-17(24)10(2)26-18(25)16-14(21)4-3-5-15(16)22/h3-10H,1-2H3,(H,23,24)/t9-,10+/m1/s1. The van der Waals surface area contributed by atoms with Gasteiger partial charge in [-0.3, -0.25) is 4.79 Å². The highest BCUT2D eigenvalue weighted by Crippen LogP contribution is 2.26. The van der Waals surface area contributed by atoms with Crippen molar-refractivity contribution >= 4 is 35.1 Å². The molecule has 0 aliphatic carbocycles. The Morgan fingerprint density at radius 1 is 1.08 bits per heavy atom. The van der Waals surface area contributed by atoms with Crippen molar-refractivity contribution in [2.75, 3.05) is 0 Å². The lowest BCUT2D eigenvalue weighted by Crippen LogP contribution is -2.37. The fourth-order valence-electron chi connectivity index (χ4n) is 2.23. The second-order valence-electron chi connectivity index (χ2n) is 5.54. The maximum Gasteiger partial charge on any atom is 0.344 e. The van der Waals surface area contributed by atoms with Crippen LogP contribution in [-0.4, -0.2) is 18.0 Å². The Hall–Kier alpha value is -2.18. The van der Waals surface area contributed by atoms with Gasteiger partial charge < -0.3 is 10.1 Å². The third kappa shape index (κ3) is 4.71. The molecule has 138 valence electrons. The third-order valence-electron chi connectivity index (χ3n) is 3.61. The topological polar surface area (TPSA) is 55.4 Å². The number of carbonyl (C=O) groups is 2. The van der Waals surface area contributed by atoms with Gasteiger partial charge in [0.25, 0.3) is 5.91 Å². The summed E-state index contributed by atoms with van der Waals surface area (Å²) in [6, 6.07) is 7.28. The average molecular weight is 402 g/mol. The van der Waals surface area contributed by atoms with E-state index in [-0.39, 0.29) is 0 Å². The molecule has 0 unspecified atom stereocenters. The number of rotatable bonds is 5. The molecule has 2 atom stereocenters. The van der Waals surface area contributed by atoms with E-state index in [0.29, 0.717) is 15.6 Å². The molecule has 26 heavy (non-hydrogen) atoms. The van der Waals surface area contributed by atoms with Crippen LogP contribution < -0.4 is 5.32 Å². The highest BCUT2D eigenvalue weighted by atomic mass is 35.5. The van der Waals surface area contributed by atoms with Gasteiger partial charge in [0.1, 0.15) is 17.2 Å². The van der Waals surface area contributed by atoms with Gasteiger partial charge in [-0.1, -0.05) is 35.3 Å². The average Bonchev–Trinajstić information content (AvgIpc) is 2.54. The molecule has 0 aliphatic heterocycles. The number of carbonyl (C=O) groups excluding carboxylic acids is 2. The molecule has 0 bridgehead atoms. The number of halogens is 4. The lowest BCUT2D eigenvalue weighted by molar-refractivity contribution is -0.129. The normalized spacial score (nSPS) is 13.0. The van der Waals surface area contributed by atoms with Gasteiger partial charge >= 0.3 is 5.97 Å². The molecule has 2 rings (SSSR count). The Morgan fingerprint density at radius 2 is 1.69 bits per heavy atom. The Morgan fingerprint density at radius 3 is 2.27 bits per heavy atom. The van der Waals surface area contributed by atoms with Crippen LogP contribution in [0.2, 0.25) is 10.0 Å². The molecule has 0 saturated carbocycles. The molecule has 0 fully saturated rings. The summed E-state index contributed by atoms with van der Waals surface area (Å²) in [7, 11) is 0. The van der Waals surface area contributed by atoms with Gasteiger partial charge in [0, 0.05) is 10.0 Å². The fourth-order valence-corrected chi connectivity index (χ4v) is 2.80. The summed E-state index contributed by atoms with van der Waals surface area (Å²) in [5, 5.41) is 3.43. The minimum Gasteiger partial charge on any atom is -0.449 e. The number of amides is 1. The lowest BCUT2D eigenvalue weighted by Gasteiger charge is -2.19. The maximum absolute atomic E-state index is 13.6. The molecule has 1 N–H and O–H groups in total. The number of ether oxygens (including phenoxy) is 1. The van der Waals surface area contributed by atoms with Crippen molar-refractivity contribution in [1.82, 2.24) is 5.32 Å². The van der Waals surface area contributed by atoms with Crippen LogP contribution in [0.3, 0.4) is 0 Å². The summed E-state index contributed by atoms with van der Waals surface area (Å²) >= 11 is 11.9. The summed E-state index contributed by atoms with van der Waals surface area (Å²) in [5.74, 6) is -4.04. The van der Waals surface area contributed by atoms with Crippen LogP contribution in [0.4, 0.5) is 8.78 Å². The summed E-state index contributed by atoms with van der Waals surface area (Å²) in [4.78, 5) is 24.1. The van der Waals surface area contributed by atoms with Crippen LogP contribution in [0.25, 0.3) is 0 Å². The Labute approximate surface area is 159 Å². The predicted octanol–water partition coefficient (Wildman–Crippen LogP) is 4.69. The van der Waals surface area contributed by atoms with Crippen molar-refractivity contribution < 1.29 is 23.1 Å². The van der Waals surface area contributed by atoms with E-state index in [1.807, 2.05) is 0 Å². The Balaban J connectivity index is 2.04. The molecule has 8 heteroatoms. The largest absolute Gasteiger partial charge is 0.449 e. The SMILES string of the molecule is C[C@H](OC(=O)c1c(F)cccc1F)C(=O)N[C@H](C)c1ccc(Cl)cc1Cl. The van der Waals surface area contributed by atoms with Crippen molar-refractivity contribution in [2.45, 2.75) is 26.0 Å². The Bertz CT molecular complexity index is 825. The van der Waals surface area contributed by atoms with E-state index in [4.69, 9.17) is 27.9 Å². The van der Waals surface area contributed by atoms with Gasteiger partial charge in [-0.05, 0) is 43.7 Å². The number of hydrogen-bond donors (Lipinski definition) is 1. The molecule has 0 heterocycles. The monoisotopic (exact) mass is 401 g/mol. The highest BCUT2D eigenvalue weighted by molar-refractivity contribution is 6.35. The molecular formula is C18H15Cl2F2NO3. The van der Waals surface area contributed by atoms with Crippen molar-refractivity contribution in [3.63, 3.8) is 0 Å². The van der Waals surface area contributed by atoms with E-state index in [2.05, 4.69) is 5.32 Å². The summed E-state index contributed by atoms with van der Waals surface area (Å²) in [6.07, 6.45) is -1.27. The van der Waals surface area contributed by atoms with E-state index in [1.54, 1.807) is 19.1 Å². The second-order valence-corrected chi connectivity index (χ2v) is 6.38. The van der Waals surface area contributed by atoms with Gasteiger partial charge in [-0.25, -0.2) is 13.6 Å². The lowest BCUT2D eigenvalue weighted by atomic mass is 10.1. The number of benzene rings is 2. The third-order valence-corrected chi connectivity index (χ3v) is 4.17. The zero-order valence-electron chi connectivity index (χ0n) is 13.9. The molecule has 0 aromatic heterocycles. The maximum atomic E-state index is 13.6. The van der Waals surface area contributed by atoms with Crippen LogP contribution in [0.1, 0.15) is 35.8 Å². The van der Waals surface area contributed by atoms with E-state index in [9.17, 15) is 18.4 Å². The molecule has 0 saturated heterocycles. The molecule has 0 radical (unpaired) electrons.